The van der Waals surface area contributed by atoms with Crippen molar-refractivity contribution in [2.45, 2.75) is 43.9 Å². The van der Waals surface area contributed by atoms with Gasteiger partial charge in [-0.25, -0.2) is 15.0 Å². The summed E-state index contributed by atoms with van der Waals surface area (Å²) in [6.45, 7) is 2.60. The molecule has 6 nitrogen and oxygen atoms in total. The molecule has 2 heterocycles. The van der Waals surface area contributed by atoms with Crippen LogP contribution in [0.3, 0.4) is 0 Å². The lowest BCUT2D eigenvalue weighted by Gasteiger charge is -2.13. The molecule has 3 aromatic rings. The zero-order chi connectivity index (χ0) is 17.9. The van der Waals surface area contributed by atoms with Gasteiger partial charge in [-0.2, -0.15) is 0 Å². The molecule has 7 heteroatoms. The highest BCUT2D eigenvalue weighted by Crippen LogP contribution is 2.28. The lowest BCUT2D eigenvalue weighted by molar-refractivity contribution is 0.763. The number of fused-ring (bicyclic) bond motifs is 1. The van der Waals surface area contributed by atoms with Gasteiger partial charge in [-0.05, 0) is 24.8 Å². The van der Waals surface area contributed by atoms with Crippen LogP contribution in [-0.2, 0) is 6.54 Å². The Morgan fingerprint density at radius 2 is 2.04 bits per heavy atom. The Labute approximate surface area is 156 Å². The Hall–Kier alpha value is -2.41. The predicted octanol–water partition coefficient (Wildman–Crippen LogP) is 3.31. The van der Waals surface area contributed by atoms with Crippen LogP contribution in [0.1, 0.15) is 31.7 Å². The van der Waals surface area contributed by atoms with E-state index >= 15 is 0 Å². The Morgan fingerprint density at radius 1 is 1.23 bits per heavy atom. The monoisotopic (exact) mass is 367 g/mol. The van der Waals surface area contributed by atoms with E-state index in [0.29, 0.717) is 28.9 Å². The molecule has 0 unspecified atom stereocenters. The van der Waals surface area contributed by atoms with Gasteiger partial charge in [0.1, 0.15) is 5.52 Å². The summed E-state index contributed by atoms with van der Waals surface area (Å²) in [5.74, 6) is 1.68. The maximum Gasteiger partial charge on any atom is 0.270 e. The summed E-state index contributed by atoms with van der Waals surface area (Å²) in [6.07, 6.45) is 4.70. The Morgan fingerprint density at radius 3 is 2.77 bits per heavy atom. The van der Waals surface area contributed by atoms with Crippen LogP contribution in [-0.4, -0.2) is 31.3 Å². The minimum Gasteiger partial charge on any atom is -0.365 e. The van der Waals surface area contributed by atoms with Crippen molar-refractivity contribution in [1.29, 1.82) is 0 Å². The number of nitrogens with one attached hydrogen (secondary N) is 1. The molecule has 0 amide bonds. The summed E-state index contributed by atoms with van der Waals surface area (Å²) >= 11 is 1.61. The number of rotatable bonds is 7. The molecule has 0 bridgehead atoms. The van der Waals surface area contributed by atoms with E-state index in [1.54, 1.807) is 16.3 Å². The smallest absolute Gasteiger partial charge is 0.270 e. The van der Waals surface area contributed by atoms with Gasteiger partial charge >= 0.3 is 0 Å². The summed E-state index contributed by atoms with van der Waals surface area (Å²) in [5, 5.41) is 4.14. The zero-order valence-electron chi connectivity index (χ0n) is 14.7. The van der Waals surface area contributed by atoms with Gasteiger partial charge < -0.3 is 5.32 Å². The van der Waals surface area contributed by atoms with Crippen LogP contribution in [0.5, 0.6) is 0 Å². The maximum absolute atomic E-state index is 12.5. The van der Waals surface area contributed by atoms with Crippen molar-refractivity contribution in [1.82, 2.24) is 19.5 Å². The van der Waals surface area contributed by atoms with Crippen molar-refractivity contribution in [3.8, 4) is 0 Å². The van der Waals surface area contributed by atoms with Gasteiger partial charge in [-0.1, -0.05) is 49.0 Å². The van der Waals surface area contributed by atoms with E-state index in [0.717, 1.165) is 36.4 Å². The van der Waals surface area contributed by atoms with Gasteiger partial charge in [0.25, 0.3) is 5.56 Å². The fraction of sp³-hybridized carbons (Fsp3) is 0.368. The highest BCUT2D eigenvalue weighted by Gasteiger charge is 2.24. The molecule has 1 saturated carbocycles. The first-order chi connectivity index (χ1) is 12.7. The minimum atomic E-state index is -0.149. The molecule has 2 aromatic heterocycles. The molecule has 134 valence electrons. The van der Waals surface area contributed by atoms with Crippen LogP contribution in [0.25, 0.3) is 11.2 Å². The van der Waals surface area contributed by atoms with Crippen molar-refractivity contribution in [2.24, 2.45) is 0 Å². The molecule has 1 N–H and O–H groups in total. The largest absolute Gasteiger partial charge is 0.365 e. The molecular weight excluding hydrogens is 346 g/mol. The Balaban J connectivity index is 1.83. The van der Waals surface area contributed by atoms with E-state index in [1.165, 1.54) is 6.20 Å². The summed E-state index contributed by atoms with van der Waals surface area (Å²) in [7, 11) is 0. The number of aromatic nitrogens is 4. The first-order valence-corrected chi connectivity index (χ1v) is 9.94. The summed E-state index contributed by atoms with van der Waals surface area (Å²) in [6, 6.07) is 10.4. The molecule has 0 aliphatic heterocycles. The molecular formula is C19H21N5OS. The second-order valence-corrected chi connectivity index (χ2v) is 7.52. The van der Waals surface area contributed by atoms with Crippen LogP contribution in [0.2, 0.25) is 0 Å². The number of thioether (sulfide) groups is 1. The molecule has 0 atom stereocenters. The van der Waals surface area contributed by atoms with Crippen LogP contribution < -0.4 is 10.9 Å². The molecule has 0 spiro atoms. The van der Waals surface area contributed by atoms with E-state index in [9.17, 15) is 4.79 Å². The van der Waals surface area contributed by atoms with Crippen molar-refractivity contribution in [2.75, 3.05) is 11.1 Å². The van der Waals surface area contributed by atoms with Crippen LogP contribution in [0.4, 0.5) is 5.82 Å². The second-order valence-electron chi connectivity index (χ2n) is 6.46. The zero-order valence-corrected chi connectivity index (χ0v) is 15.5. The SMILES string of the molecule is CCCSc1nc(NC2CC2)c2ncc(=O)n(Cc3ccccc3)c2n1. The summed E-state index contributed by atoms with van der Waals surface area (Å²) < 4.78 is 1.69. The van der Waals surface area contributed by atoms with Crippen molar-refractivity contribution >= 4 is 28.7 Å². The van der Waals surface area contributed by atoms with Gasteiger partial charge in [0.05, 0.1) is 12.7 Å². The minimum absolute atomic E-state index is 0.149. The number of hydrogen-bond donors (Lipinski definition) is 1. The number of benzene rings is 1. The lowest BCUT2D eigenvalue weighted by Crippen LogP contribution is -2.23. The van der Waals surface area contributed by atoms with Crippen LogP contribution in [0, 0.1) is 0 Å². The van der Waals surface area contributed by atoms with E-state index in [4.69, 9.17) is 0 Å². The molecule has 26 heavy (non-hydrogen) atoms. The van der Waals surface area contributed by atoms with Crippen molar-refractivity contribution in [3.63, 3.8) is 0 Å². The number of nitrogens with zero attached hydrogens (tertiary/aromatic N) is 4. The fourth-order valence-corrected chi connectivity index (χ4v) is 3.42. The van der Waals surface area contributed by atoms with E-state index in [1.807, 2.05) is 30.3 Å². The van der Waals surface area contributed by atoms with Gasteiger partial charge in [-0.3, -0.25) is 9.36 Å². The average Bonchev–Trinajstić information content (AvgIpc) is 3.47. The van der Waals surface area contributed by atoms with Crippen molar-refractivity contribution in [3.05, 3.63) is 52.4 Å². The number of hydrogen-bond acceptors (Lipinski definition) is 6. The maximum atomic E-state index is 12.5. The van der Waals surface area contributed by atoms with Gasteiger partial charge in [0, 0.05) is 11.8 Å². The molecule has 1 aliphatic rings. The standard InChI is InChI=1S/C19H21N5OS/c1-2-10-26-19-22-17(21-14-8-9-14)16-18(23-19)24(15(25)11-20-16)12-13-6-4-3-5-7-13/h3-7,11,14H,2,8-10,12H2,1H3,(H,21,22,23). The normalized spacial score (nSPS) is 13.9. The predicted molar refractivity (Wildman–Crippen MR) is 105 cm³/mol. The first kappa shape index (κ1) is 17.0. The van der Waals surface area contributed by atoms with E-state index in [-0.39, 0.29) is 5.56 Å². The lowest BCUT2D eigenvalue weighted by atomic mass is 10.2. The van der Waals surface area contributed by atoms with Gasteiger partial charge in [0.15, 0.2) is 16.6 Å². The molecule has 1 aromatic carbocycles. The fourth-order valence-electron chi connectivity index (χ4n) is 2.72. The quantitative estimate of drug-likeness (QED) is 0.510. The van der Waals surface area contributed by atoms with Crippen molar-refractivity contribution < 1.29 is 0 Å². The highest BCUT2D eigenvalue weighted by molar-refractivity contribution is 7.99. The Bertz CT molecular complexity index is 969. The first-order valence-electron chi connectivity index (χ1n) is 8.95. The topological polar surface area (TPSA) is 72.7 Å². The average molecular weight is 367 g/mol. The molecule has 1 fully saturated rings. The third-order valence-electron chi connectivity index (χ3n) is 4.21. The van der Waals surface area contributed by atoms with Gasteiger partial charge in [-0.15, -0.1) is 0 Å². The van der Waals surface area contributed by atoms with Gasteiger partial charge in [0.2, 0.25) is 0 Å². The van der Waals surface area contributed by atoms with E-state index < -0.39 is 0 Å². The third kappa shape index (κ3) is 3.72. The second kappa shape index (κ2) is 7.45. The molecule has 4 rings (SSSR count). The Kier molecular flexibility index (Phi) is 4.88. The van der Waals surface area contributed by atoms with Crippen LogP contribution in [0.15, 0.2) is 46.5 Å². The molecule has 1 aliphatic carbocycles. The van der Waals surface area contributed by atoms with E-state index in [2.05, 4.69) is 27.2 Å². The number of anilines is 1. The summed E-state index contributed by atoms with van der Waals surface area (Å²) in [4.78, 5) is 26.2. The summed E-state index contributed by atoms with van der Waals surface area (Å²) in [5.41, 5.74) is 2.16. The molecule has 0 saturated heterocycles. The highest BCUT2D eigenvalue weighted by atomic mass is 32.2. The molecule has 0 radical (unpaired) electrons. The third-order valence-corrected chi connectivity index (χ3v) is 5.26. The van der Waals surface area contributed by atoms with Crippen LogP contribution >= 0.6 is 11.8 Å².